The molecule has 0 unspecified atom stereocenters. The molecule has 1 rings (SSSR count). The zero-order valence-electron chi connectivity index (χ0n) is 11.3. The maximum atomic E-state index is 11.5. The summed E-state index contributed by atoms with van der Waals surface area (Å²) < 4.78 is 0. The number of carbonyl (C=O) groups excluding carboxylic acids is 1. The van der Waals surface area contributed by atoms with Crippen molar-refractivity contribution >= 4 is 5.91 Å². The first-order valence-electron chi connectivity index (χ1n) is 7.30. The van der Waals surface area contributed by atoms with E-state index < -0.39 is 0 Å². The number of hydrogen-bond donors (Lipinski definition) is 2. The van der Waals surface area contributed by atoms with Gasteiger partial charge in [-0.25, -0.2) is 0 Å². The first-order chi connectivity index (χ1) is 8.33. The lowest BCUT2D eigenvalue weighted by molar-refractivity contribution is -0.121. The third kappa shape index (κ3) is 7.37. The van der Waals surface area contributed by atoms with E-state index in [1.165, 1.54) is 32.1 Å². The molecule has 3 nitrogen and oxygen atoms in total. The van der Waals surface area contributed by atoms with Crippen molar-refractivity contribution in [2.45, 2.75) is 58.3 Å². The van der Waals surface area contributed by atoms with Gasteiger partial charge in [0.05, 0.1) is 0 Å². The minimum absolute atomic E-state index is 0.245. The molecule has 0 aromatic heterocycles. The van der Waals surface area contributed by atoms with E-state index in [1.807, 2.05) is 0 Å². The Kier molecular flexibility index (Phi) is 8.06. The average molecular weight is 240 g/mol. The Hall–Kier alpha value is -0.570. The molecule has 0 bridgehead atoms. The van der Waals surface area contributed by atoms with Gasteiger partial charge < -0.3 is 10.6 Å². The Morgan fingerprint density at radius 3 is 2.71 bits per heavy atom. The zero-order chi connectivity index (χ0) is 12.3. The molecule has 1 fully saturated rings. The first kappa shape index (κ1) is 14.5. The highest BCUT2D eigenvalue weighted by Gasteiger charge is 2.12. The standard InChI is InChI=1S/C14H28N2O/c1-2-3-4-5-6-14(17)16-12-9-13-7-10-15-11-8-13/h13,15H,2-12H2,1H3,(H,16,17). The van der Waals surface area contributed by atoms with E-state index in [2.05, 4.69) is 17.6 Å². The molecule has 1 saturated heterocycles. The van der Waals surface area contributed by atoms with Crippen LogP contribution in [0.4, 0.5) is 0 Å². The van der Waals surface area contributed by atoms with Crippen LogP contribution in [-0.2, 0) is 4.79 Å². The highest BCUT2D eigenvalue weighted by Crippen LogP contribution is 2.14. The van der Waals surface area contributed by atoms with Crippen molar-refractivity contribution in [3.63, 3.8) is 0 Å². The molecule has 1 aliphatic heterocycles. The topological polar surface area (TPSA) is 41.1 Å². The number of rotatable bonds is 8. The third-order valence-corrected chi connectivity index (χ3v) is 3.59. The van der Waals surface area contributed by atoms with Crippen LogP contribution in [0.1, 0.15) is 58.3 Å². The van der Waals surface area contributed by atoms with Crippen LogP contribution in [0.25, 0.3) is 0 Å². The molecule has 1 amide bonds. The molecule has 0 spiro atoms. The van der Waals surface area contributed by atoms with Crippen LogP contribution in [0.3, 0.4) is 0 Å². The normalized spacial score (nSPS) is 17.0. The van der Waals surface area contributed by atoms with Crippen molar-refractivity contribution in [3.8, 4) is 0 Å². The summed E-state index contributed by atoms with van der Waals surface area (Å²) in [6.45, 7) is 5.36. The van der Waals surface area contributed by atoms with Gasteiger partial charge in [-0.2, -0.15) is 0 Å². The highest BCUT2D eigenvalue weighted by molar-refractivity contribution is 5.75. The van der Waals surface area contributed by atoms with E-state index in [0.29, 0.717) is 6.42 Å². The summed E-state index contributed by atoms with van der Waals surface area (Å²) in [5, 5.41) is 6.41. The first-order valence-corrected chi connectivity index (χ1v) is 7.30. The Morgan fingerprint density at radius 1 is 1.24 bits per heavy atom. The van der Waals surface area contributed by atoms with Gasteiger partial charge >= 0.3 is 0 Å². The molecule has 0 aromatic rings. The summed E-state index contributed by atoms with van der Waals surface area (Å²) in [5.74, 6) is 1.06. The fourth-order valence-electron chi connectivity index (χ4n) is 2.39. The van der Waals surface area contributed by atoms with Gasteiger partial charge in [0.1, 0.15) is 0 Å². The van der Waals surface area contributed by atoms with E-state index >= 15 is 0 Å². The lowest BCUT2D eigenvalue weighted by atomic mass is 9.95. The highest BCUT2D eigenvalue weighted by atomic mass is 16.1. The monoisotopic (exact) mass is 240 g/mol. The van der Waals surface area contributed by atoms with E-state index in [1.54, 1.807) is 0 Å². The number of hydrogen-bond acceptors (Lipinski definition) is 2. The molecule has 0 atom stereocenters. The number of nitrogens with one attached hydrogen (secondary N) is 2. The van der Waals surface area contributed by atoms with Crippen LogP contribution in [0.15, 0.2) is 0 Å². The van der Waals surface area contributed by atoms with Crippen molar-refractivity contribution in [3.05, 3.63) is 0 Å². The quantitative estimate of drug-likeness (QED) is 0.640. The SMILES string of the molecule is CCCCCCC(=O)NCCC1CCNCC1. The van der Waals surface area contributed by atoms with Crippen LogP contribution in [0, 0.1) is 5.92 Å². The second-order valence-corrected chi connectivity index (χ2v) is 5.14. The van der Waals surface area contributed by atoms with Crippen LogP contribution >= 0.6 is 0 Å². The van der Waals surface area contributed by atoms with E-state index in [-0.39, 0.29) is 5.91 Å². The smallest absolute Gasteiger partial charge is 0.219 e. The minimum atomic E-state index is 0.245. The molecule has 2 N–H and O–H groups in total. The second kappa shape index (κ2) is 9.46. The lowest BCUT2D eigenvalue weighted by Crippen LogP contribution is -2.31. The van der Waals surface area contributed by atoms with Gasteiger partial charge in [-0.05, 0) is 44.7 Å². The molecule has 0 radical (unpaired) electrons. The van der Waals surface area contributed by atoms with E-state index in [4.69, 9.17) is 0 Å². The van der Waals surface area contributed by atoms with Crippen LogP contribution in [0.5, 0.6) is 0 Å². The molecular formula is C14H28N2O. The van der Waals surface area contributed by atoms with Crippen LogP contribution in [0.2, 0.25) is 0 Å². The molecule has 0 aromatic carbocycles. The molecule has 100 valence electrons. The van der Waals surface area contributed by atoms with Crippen molar-refractivity contribution < 1.29 is 4.79 Å². The third-order valence-electron chi connectivity index (χ3n) is 3.59. The minimum Gasteiger partial charge on any atom is -0.356 e. The lowest BCUT2D eigenvalue weighted by Gasteiger charge is -2.22. The summed E-state index contributed by atoms with van der Waals surface area (Å²) in [6.07, 6.45) is 9.14. The number of amides is 1. The summed E-state index contributed by atoms with van der Waals surface area (Å²) in [7, 11) is 0. The van der Waals surface area contributed by atoms with Crippen LogP contribution < -0.4 is 10.6 Å². The Morgan fingerprint density at radius 2 is 2.00 bits per heavy atom. The molecule has 17 heavy (non-hydrogen) atoms. The molecule has 3 heteroatoms. The number of piperidine rings is 1. The molecule has 0 saturated carbocycles. The van der Waals surface area contributed by atoms with Gasteiger partial charge in [0.15, 0.2) is 0 Å². The van der Waals surface area contributed by atoms with Crippen molar-refractivity contribution in [2.75, 3.05) is 19.6 Å². The molecular weight excluding hydrogens is 212 g/mol. The maximum absolute atomic E-state index is 11.5. The summed E-state index contributed by atoms with van der Waals surface area (Å²) in [6, 6.07) is 0. The fourth-order valence-corrected chi connectivity index (χ4v) is 2.39. The summed E-state index contributed by atoms with van der Waals surface area (Å²) in [4.78, 5) is 11.5. The second-order valence-electron chi connectivity index (χ2n) is 5.14. The van der Waals surface area contributed by atoms with Gasteiger partial charge in [-0.3, -0.25) is 4.79 Å². The largest absolute Gasteiger partial charge is 0.356 e. The predicted molar refractivity (Wildman–Crippen MR) is 72.0 cm³/mol. The molecule has 0 aliphatic carbocycles. The van der Waals surface area contributed by atoms with Gasteiger partial charge in [-0.1, -0.05) is 26.2 Å². The number of carbonyl (C=O) groups is 1. The zero-order valence-corrected chi connectivity index (χ0v) is 11.3. The molecule has 1 heterocycles. The van der Waals surface area contributed by atoms with Gasteiger partial charge in [-0.15, -0.1) is 0 Å². The van der Waals surface area contributed by atoms with Gasteiger partial charge in [0.25, 0.3) is 0 Å². The van der Waals surface area contributed by atoms with E-state index in [0.717, 1.165) is 38.4 Å². The molecule has 1 aliphatic rings. The van der Waals surface area contributed by atoms with Crippen molar-refractivity contribution in [1.82, 2.24) is 10.6 Å². The van der Waals surface area contributed by atoms with Crippen molar-refractivity contribution in [1.29, 1.82) is 0 Å². The maximum Gasteiger partial charge on any atom is 0.219 e. The van der Waals surface area contributed by atoms with Crippen molar-refractivity contribution in [2.24, 2.45) is 5.92 Å². The number of unbranched alkanes of at least 4 members (excludes halogenated alkanes) is 3. The van der Waals surface area contributed by atoms with Gasteiger partial charge in [0.2, 0.25) is 5.91 Å². The Labute approximate surface area is 106 Å². The fraction of sp³-hybridized carbons (Fsp3) is 0.929. The Balaban J connectivity index is 1.92. The van der Waals surface area contributed by atoms with Crippen LogP contribution in [-0.4, -0.2) is 25.5 Å². The predicted octanol–water partition coefficient (Wildman–Crippen LogP) is 2.46. The average Bonchev–Trinajstić information content (AvgIpc) is 2.36. The summed E-state index contributed by atoms with van der Waals surface area (Å²) in [5.41, 5.74) is 0. The Bertz CT molecular complexity index is 200. The van der Waals surface area contributed by atoms with Gasteiger partial charge in [0, 0.05) is 13.0 Å². The summed E-state index contributed by atoms with van der Waals surface area (Å²) >= 11 is 0. The van der Waals surface area contributed by atoms with E-state index in [9.17, 15) is 4.79 Å².